The molecule has 1 saturated heterocycles. The van der Waals surface area contributed by atoms with Gasteiger partial charge in [0.1, 0.15) is 0 Å². The SMILES string of the molecule is CC(C)OC1CCN(c2ccnc3c2c(C(F)(F)F)nn3-c2ccn[nH]2)[C@H](C)C1. The number of alkyl halides is 3. The van der Waals surface area contributed by atoms with Gasteiger partial charge in [0.25, 0.3) is 0 Å². The maximum atomic E-state index is 13.9. The normalized spacial score (nSPS) is 20.7. The molecule has 0 bridgehead atoms. The highest BCUT2D eigenvalue weighted by molar-refractivity contribution is 5.93. The summed E-state index contributed by atoms with van der Waals surface area (Å²) in [6.45, 7) is 6.59. The first-order chi connectivity index (χ1) is 13.8. The van der Waals surface area contributed by atoms with Crippen molar-refractivity contribution in [3.05, 3.63) is 30.2 Å². The van der Waals surface area contributed by atoms with Gasteiger partial charge in [-0.05, 0) is 39.7 Å². The average molecular weight is 408 g/mol. The molecule has 3 aromatic heterocycles. The molecule has 1 fully saturated rings. The minimum atomic E-state index is -4.61. The van der Waals surface area contributed by atoms with Crippen LogP contribution in [0.15, 0.2) is 24.5 Å². The number of rotatable bonds is 4. The maximum absolute atomic E-state index is 13.9. The van der Waals surface area contributed by atoms with Gasteiger partial charge in [-0.25, -0.2) is 4.98 Å². The second kappa shape index (κ2) is 7.33. The molecular formula is C19H23F3N6O. The highest BCUT2D eigenvalue weighted by atomic mass is 19.4. The van der Waals surface area contributed by atoms with E-state index in [0.29, 0.717) is 18.1 Å². The second-order valence-electron chi connectivity index (χ2n) is 7.60. The first-order valence-corrected chi connectivity index (χ1v) is 9.62. The number of halogens is 3. The van der Waals surface area contributed by atoms with Crippen molar-refractivity contribution >= 4 is 16.7 Å². The van der Waals surface area contributed by atoms with E-state index in [0.717, 1.165) is 17.5 Å². The largest absolute Gasteiger partial charge is 0.435 e. The summed E-state index contributed by atoms with van der Waals surface area (Å²) in [5.74, 6) is 0.326. The summed E-state index contributed by atoms with van der Waals surface area (Å²) >= 11 is 0. The summed E-state index contributed by atoms with van der Waals surface area (Å²) < 4.78 is 48.6. The highest BCUT2D eigenvalue weighted by Crippen LogP contribution is 2.40. The number of H-pyrrole nitrogens is 1. The number of pyridine rings is 1. The van der Waals surface area contributed by atoms with E-state index >= 15 is 0 Å². The van der Waals surface area contributed by atoms with Gasteiger partial charge >= 0.3 is 6.18 Å². The van der Waals surface area contributed by atoms with Crippen molar-refractivity contribution in [1.29, 1.82) is 0 Å². The van der Waals surface area contributed by atoms with Crippen molar-refractivity contribution in [3.63, 3.8) is 0 Å². The van der Waals surface area contributed by atoms with Crippen molar-refractivity contribution in [2.45, 2.75) is 58.0 Å². The van der Waals surface area contributed by atoms with Crippen LogP contribution in [0.25, 0.3) is 16.9 Å². The van der Waals surface area contributed by atoms with E-state index < -0.39 is 11.9 Å². The minimum absolute atomic E-state index is 0.00433. The molecule has 3 aromatic rings. The molecule has 1 aliphatic heterocycles. The Balaban J connectivity index is 1.80. The molecule has 0 aliphatic carbocycles. The van der Waals surface area contributed by atoms with Crippen LogP contribution in [0.4, 0.5) is 18.9 Å². The molecule has 0 saturated carbocycles. The minimum Gasteiger partial charge on any atom is -0.375 e. The third kappa shape index (κ3) is 3.68. The number of aromatic nitrogens is 5. The highest BCUT2D eigenvalue weighted by Gasteiger charge is 2.40. The first kappa shape index (κ1) is 19.7. The van der Waals surface area contributed by atoms with Gasteiger partial charge in [0.2, 0.25) is 0 Å². The van der Waals surface area contributed by atoms with E-state index in [1.54, 1.807) is 12.1 Å². The Hall–Kier alpha value is -2.62. The van der Waals surface area contributed by atoms with Crippen molar-refractivity contribution in [2.75, 3.05) is 11.4 Å². The molecule has 2 atom stereocenters. The Labute approximate surface area is 165 Å². The van der Waals surface area contributed by atoms with Crippen molar-refractivity contribution in [2.24, 2.45) is 0 Å². The number of piperidine rings is 1. The predicted molar refractivity (Wildman–Crippen MR) is 102 cm³/mol. The third-order valence-electron chi connectivity index (χ3n) is 5.13. The molecule has 1 unspecified atom stereocenters. The van der Waals surface area contributed by atoms with Gasteiger partial charge < -0.3 is 9.64 Å². The molecule has 4 heterocycles. The molecule has 156 valence electrons. The molecule has 1 N–H and O–H groups in total. The van der Waals surface area contributed by atoms with Crippen LogP contribution in [0.1, 0.15) is 39.3 Å². The van der Waals surface area contributed by atoms with Gasteiger partial charge in [-0.3, -0.25) is 5.10 Å². The quantitative estimate of drug-likeness (QED) is 0.708. The van der Waals surface area contributed by atoms with Crippen LogP contribution < -0.4 is 4.90 Å². The third-order valence-corrected chi connectivity index (χ3v) is 5.13. The fourth-order valence-corrected chi connectivity index (χ4v) is 3.99. The van der Waals surface area contributed by atoms with E-state index in [9.17, 15) is 13.2 Å². The van der Waals surface area contributed by atoms with E-state index in [1.165, 1.54) is 12.4 Å². The van der Waals surface area contributed by atoms with Crippen LogP contribution in [0.5, 0.6) is 0 Å². The van der Waals surface area contributed by atoms with Crippen LogP contribution in [-0.4, -0.2) is 49.8 Å². The maximum Gasteiger partial charge on any atom is 0.435 e. The Morgan fingerprint density at radius 1 is 1.24 bits per heavy atom. The molecule has 1 aliphatic rings. The van der Waals surface area contributed by atoms with E-state index in [4.69, 9.17) is 4.74 Å². The lowest BCUT2D eigenvalue weighted by atomic mass is 9.99. The first-order valence-electron chi connectivity index (χ1n) is 9.62. The smallest absolute Gasteiger partial charge is 0.375 e. The van der Waals surface area contributed by atoms with Gasteiger partial charge in [0.15, 0.2) is 17.2 Å². The van der Waals surface area contributed by atoms with Gasteiger partial charge in [-0.15, -0.1) is 0 Å². The Morgan fingerprint density at radius 3 is 2.66 bits per heavy atom. The summed E-state index contributed by atoms with van der Waals surface area (Å²) in [5, 5.41) is 10.3. The number of nitrogens with zero attached hydrogens (tertiary/aromatic N) is 5. The lowest BCUT2D eigenvalue weighted by Crippen LogP contribution is -2.44. The van der Waals surface area contributed by atoms with Crippen LogP contribution in [0.2, 0.25) is 0 Å². The molecule has 0 spiro atoms. The van der Waals surface area contributed by atoms with Crippen LogP contribution in [0.3, 0.4) is 0 Å². The fourth-order valence-electron chi connectivity index (χ4n) is 3.99. The topological polar surface area (TPSA) is 71.9 Å². The van der Waals surface area contributed by atoms with Crippen molar-refractivity contribution in [1.82, 2.24) is 25.0 Å². The summed E-state index contributed by atoms with van der Waals surface area (Å²) in [5.41, 5.74) is -0.312. The number of fused-ring (bicyclic) bond motifs is 1. The van der Waals surface area contributed by atoms with Gasteiger partial charge in [0, 0.05) is 24.8 Å². The summed E-state index contributed by atoms with van der Waals surface area (Å²) in [6, 6.07) is 3.21. The number of hydrogen-bond acceptors (Lipinski definition) is 5. The molecule has 29 heavy (non-hydrogen) atoms. The molecule has 0 radical (unpaired) electrons. The zero-order valence-electron chi connectivity index (χ0n) is 16.4. The average Bonchev–Trinajstić information content (AvgIpc) is 3.28. The van der Waals surface area contributed by atoms with E-state index in [1.807, 2.05) is 25.7 Å². The molecule has 10 heteroatoms. The molecule has 0 amide bonds. The zero-order chi connectivity index (χ0) is 20.8. The summed E-state index contributed by atoms with van der Waals surface area (Å²) in [7, 11) is 0. The van der Waals surface area contributed by atoms with Crippen LogP contribution in [0, 0.1) is 0 Å². The van der Waals surface area contributed by atoms with Crippen molar-refractivity contribution in [3.8, 4) is 5.82 Å². The molecule has 0 aromatic carbocycles. The number of anilines is 1. The number of nitrogens with one attached hydrogen (secondary N) is 1. The van der Waals surface area contributed by atoms with Crippen molar-refractivity contribution < 1.29 is 17.9 Å². The number of ether oxygens (including phenoxy) is 1. The lowest BCUT2D eigenvalue weighted by molar-refractivity contribution is -0.140. The lowest BCUT2D eigenvalue weighted by Gasteiger charge is -2.40. The summed E-state index contributed by atoms with van der Waals surface area (Å²) in [6.07, 6.45) is 0.102. The summed E-state index contributed by atoms with van der Waals surface area (Å²) in [4.78, 5) is 6.21. The number of aromatic amines is 1. The van der Waals surface area contributed by atoms with Crippen LogP contribution >= 0.6 is 0 Å². The van der Waals surface area contributed by atoms with Crippen LogP contribution in [-0.2, 0) is 10.9 Å². The number of hydrogen-bond donors (Lipinski definition) is 1. The Kier molecular flexibility index (Phi) is 4.97. The molecule has 4 rings (SSSR count). The fraction of sp³-hybridized carbons (Fsp3) is 0.526. The van der Waals surface area contributed by atoms with E-state index in [-0.39, 0.29) is 29.3 Å². The van der Waals surface area contributed by atoms with Gasteiger partial charge in [-0.2, -0.15) is 28.1 Å². The standard InChI is InChI=1S/C19H23F3N6O/c1-11(2)29-13-6-9-27(12(3)10-13)14-4-7-23-18-16(14)17(19(20,21)22)26-28(18)15-5-8-24-25-15/h4-5,7-8,11-13H,6,9-10H2,1-3H3,(H,24,25)/t12-,13?/m1/s1. The Bertz CT molecular complexity index is 982. The monoisotopic (exact) mass is 408 g/mol. The molecular weight excluding hydrogens is 385 g/mol. The predicted octanol–water partition coefficient (Wildman–Crippen LogP) is 3.94. The molecule has 7 nitrogen and oxygen atoms in total. The Morgan fingerprint density at radius 2 is 2.03 bits per heavy atom. The van der Waals surface area contributed by atoms with E-state index in [2.05, 4.69) is 20.3 Å². The zero-order valence-corrected chi connectivity index (χ0v) is 16.4. The van der Waals surface area contributed by atoms with Gasteiger partial charge in [0.05, 0.1) is 29.5 Å². The van der Waals surface area contributed by atoms with Gasteiger partial charge in [-0.1, -0.05) is 0 Å². The second-order valence-corrected chi connectivity index (χ2v) is 7.60.